The van der Waals surface area contributed by atoms with Crippen molar-refractivity contribution in [3.63, 3.8) is 0 Å². The van der Waals surface area contributed by atoms with Crippen LogP contribution in [0.15, 0.2) is 11.3 Å². The van der Waals surface area contributed by atoms with Gasteiger partial charge in [-0.15, -0.1) is 12.8 Å². The van der Waals surface area contributed by atoms with E-state index in [2.05, 4.69) is 17.7 Å². The van der Waals surface area contributed by atoms with Crippen molar-refractivity contribution in [2.24, 2.45) is 23.7 Å². The average Bonchev–Trinajstić information content (AvgIpc) is 3.36. The van der Waals surface area contributed by atoms with Gasteiger partial charge in [-0.1, -0.05) is 27.7 Å². The predicted molar refractivity (Wildman–Crippen MR) is 193 cm³/mol. The summed E-state index contributed by atoms with van der Waals surface area (Å²) in [7, 11) is 4.07. The van der Waals surface area contributed by atoms with E-state index in [0.29, 0.717) is 44.0 Å². The first-order valence-corrected chi connectivity index (χ1v) is 18.5. The number of nitrogens with zero attached hydrogens (tertiary/aromatic N) is 1. The minimum Gasteiger partial charge on any atom is -0.491 e. The molecule has 12 heteroatoms. The molecule has 3 saturated heterocycles. The average molecular weight is 726 g/mol. The second-order valence-electron chi connectivity index (χ2n) is 15.9. The molecule has 15 atom stereocenters. The zero-order valence-corrected chi connectivity index (χ0v) is 33.0. The summed E-state index contributed by atoms with van der Waals surface area (Å²) in [5.41, 5.74) is -1.21. The van der Waals surface area contributed by atoms with E-state index in [1.165, 1.54) is 6.92 Å². The minimum atomic E-state index is -1.69. The summed E-state index contributed by atoms with van der Waals surface area (Å²) in [6.07, 6.45) is 7.46. The van der Waals surface area contributed by atoms with Gasteiger partial charge in [0.1, 0.15) is 29.2 Å². The molecule has 0 aliphatic carbocycles. The first-order chi connectivity index (χ1) is 23.7. The highest BCUT2D eigenvalue weighted by Gasteiger charge is 2.50. The fraction of sp³-hybridized carbons (Fsp3) is 0.846. The number of hydrogen-bond donors (Lipinski definition) is 3. The maximum absolute atomic E-state index is 13.5. The summed E-state index contributed by atoms with van der Waals surface area (Å²) in [6, 6.07) is 0.466. The molecule has 0 amide bonds. The number of carbonyl (C=O) groups excluding carboxylic acids is 2. The molecule has 3 N–H and O–H groups in total. The highest BCUT2D eigenvalue weighted by atomic mass is 16.7. The molecule has 0 saturated carbocycles. The second kappa shape index (κ2) is 19.2. The Hall–Kier alpha value is -2.24. The van der Waals surface area contributed by atoms with Crippen LogP contribution in [0.4, 0.5) is 0 Å². The SMILES string of the molecule is C#C.CC1CC(N(C)C)CC(O)O1.CCC1OC(=O)C(C)C(O[C@H]2CC(C)[C@@H](OC=O)C(C)O2)C(C)C[C@]2(C)CC(C)=C(O2)[C@H](C)[C@@H](O)[C@]1(C)O. The van der Waals surface area contributed by atoms with Crippen LogP contribution in [0, 0.1) is 36.5 Å². The van der Waals surface area contributed by atoms with E-state index in [0.717, 1.165) is 18.4 Å². The summed E-state index contributed by atoms with van der Waals surface area (Å²) in [6.45, 7) is 19.3. The van der Waals surface area contributed by atoms with Crippen LogP contribution < -0.4 is 0 Å². The van der Waals surface area contributed by atoms with Gasteiger partial charge in [-0.05, 0) is 86.4 Å². The molecule has 0 radical (unpaired) electrons. The largest absolute Gasteiger partial charge is 0.491 e. The van der Waals surface area contributed by atoms with E-state index in [-0.39, 0.29) is 30.1 Å². The molecule has 4 aliphatic heterocycles. The zero-order valence-electron chi connectivity index (χ0n) is 33.0. The molecule has 2 bridgehead atoms. The monoisotopic (exact) mass is 725 g/mol. The first-order valence-electron chi connectivity index (χ1n) is 18.5. The molecule has 4 rings (SSSR count). The van der Waals surface area contributed by atoms with Gasteiger partial charge in [-0.3, -0.25) is 9.59 Å². The maximum Gasteiger partial charge on any atom is 0.311 e. The topological polar surface area (TPSA) is 153 Å². The van der Waals surface area contributed by atoms with E-state index in [4.69, 9.17) is 28.4 Å². The fourth-order valence-corrected chi connectivity index (χ4v) is 8.37. The molecule has 4 aliphatic rings. The molecule has 0 aromatic carbocycles. The molecule has 3 fully saturated rings. The normalized spacial score (nSPS) is 43.4. The second-order valence-corrected chi connectivity index (χ2v) is 15.9. The van der Waals surface area contributed by atoms with Crippen molar-refractivity contribution in [3.05, 3.63) is 11.3 Å². The Bertz CT molecular complexity index is 1150. The van der Waals surface area contributed by atoms with Crippen molar-refractivity contribution in [2.45, 2.75) is 174 Å². The highest BCUT2D eigenvalue weighted by molar-refractivity contribution is 5.73. The van der Waals surface area contributed by atoms with Crippen molar-refractivity contribution in [3.8, 4) is 12.8 Å². The number of hydrogen-bond acceptors (Lipinski definition) is 12. The third kappa shape index (κ3) is 11.4. The Balaban J connectivity index is 0.000000585. The van der Waals surface area contributed by atoms with Crippen molar-refractivity contribution in [1.82, 2.24) is 4.90 Å². The zero-order chi connectivity index (χ0) is 39.0. The number of esters is 1. The van der Waals surface area contributed by atoms with Gasteiger partial charge in [0.2, 0.25) is 0 Å². The lowest BCUT2D eigenvalue weighted by Crippen LogP contribution is -2.54. The third-order valence-electron chi connectivity index (χ3n) is 11.0. The molecule has 9 unspecified atom stereocenters. The Morgan fingerprint density at radius 1 is 0.961 bits per heavy atom. The summed E-state index contributed by atoms with van der Waals surface area (Å²) in [5.74, 6) is -1.10. The molecule has 4 heterocycles. The highest BCUT2D eigenvalue weighted by Crippen LogP contribution is 2.45. The van der Waals surface area contributed by atoms with Gasteiger partial charge in [-0.25, -0.2) is 0 Å². The molecule has 0 spiro atoms. The van der Waals surface area contributed by atoms with Crippen LogP contribution in [0.3, 0.4) is 0 Å². The summed E-state index contributed by atoms with van der Waals surface area (Å²) in [5, 5.41) is 31.9. The van der Waals surface area contributed by atoms with Crippen molar-refractivity contribution in [2.75, 3.05) is 14.1 Å². The smallest absolute Gasteiger partial charge is 0.311 e. The molecular formula is C39H67NO11. The van der Waals surface area contributed by atoms with Crippen LogP contribution in [0.1, 0.15) is 108 Å². The van der Waals surface area contributed by atoms with Crippen LogP contribution in [-0.4, -0.2) is 113 Å². The van der Waals surface area contributed by atoms with E-state index in [1.807, 2.05) is 69.5 Å². The Morgan fingerprint density at radius 3 is 2.12 bits per heavy atom. The predicted octanol–water partition coefficient (Wildman–Crippen LogP) is 4.57. The minimum absolute atomic E-state index is 0.00825. The molecule has 0 aromatic rings. The number of fused-ring (bicyclic) bond motifs is 2. The van der Waals surface area contributed by atoms with Gasteiger partial charge in [0.05, 0.1) is 30.3 Å². The quantitative estimate of drug-likeness (QED) is 0.200. The number of aliphatic hydroxyl groups excluding tert-OH is 2. The van der Waals surface area contributed by atoms with E-state index < -0.39 is 59.9 Å². The molecule has 12 nitrogen and oxygen atoms in total. The Kier molecular flexibility index (Phi) is 16.9. The van der Waals surface area contributed by atoms with E-state index in [1.54, 1.807) is 6.92 Å². The standard InChI is InChI=1S/C29H48O9.C8H17NO2.C2H2/c1-10-21-29(9,33)26(31)18(5)24-17(4)13-28(8,38-24)12-16(3)23(19(6)27(32)36-21)37-22-11-15(2)25(34-14-30)20(7)35-22;1-6-4-7(9(2)3)5-8(10)11-6;1-2/h14-16,18-23,25-26,31,33H,10-13H2,1-9H3;6-8,10H,4-5H2,1-3H3;1-2H/t15?,16?,18-,19?,20?,21?,22-,23?,25+,26+,28+,29+;;/m0../s1. The number of rotatable bonds is 6. The molecule has 51 heavy (non-hydrogen) atoms. The van der Waals surface area contributed by atoms with Crippen molar-refractivity contribution in [1.29, 1.82) is 0 Å². The lowest BCUT2D eigenvalue weighted by Gasteiger charge is -2.41. The summed E-state index contributed by atoms with van der Waals surface area (Å²) >= 11 is 0. The number of cyclic esters (lactones) is 1. The summed E-state index contributed by atoms with van der Waals surface area (Å²) in [4.78, 5) is 26.6. The number of terminal acetylenes is 1. The number of ether oxygens (including phenoxy) is 6. The van der Waals surface area contributed by atoms with Gasteiger partial charge in [0.25, 0.3) is 6.47 Å². The maximum atomic E-state index is 13.5. The van der Waals surface area contributed by atoms with E-state index >= 15 is 0 Å². The van der Waals surface area contributed by atoms with Gasteiger partial charge in [0.15, 0.2) is 12.6 Å². The lowest BCUT2D eigenvalue weighted by atomic mass is 9.80. The number of carbonyl (C=O) groups is 2. The number of aliphatic hydroxyl groups is 3. The third-order valence-corrected chi connectivity index (χ3v) is 11.0. The fourth-order valence-electron chi connectivity index (χ4n) is 8.37. The van der Waals surface area contributed by atoms with Crippen LogP contribution >= 0.6 is 0 Å². The van der Waals surface area contributed by atoms with Crippen molar-refractivity contribution < 1.29 is 53.3 Å². The van der Waals surface area contributed by atoms with Crippen LogP contribution in [0.25, 0.3) is 0 Å². The first kappa shape index (κ1) is 44.9. The van der Waals surface area contributed by atoms with Gasteiger partial charge in [0, 0.05) is 37.1 Å². The Labute approximate surface area is 306 Å². The molecule has 0 aromatic heterocycles. The lowest BCUT2D eigenvalue weighted by molar-refractivity contribution is -0.263. The van der Waals surface area contributed by atoms with Crippen LogP contribution in [0.5, 0.6) is 0 Å². The van der Waals surface area contributed by atoms with E-state index in [9.17, 15) is 24.9 Å². The van der Waals surface area contributed by atoms with Crippen LogP contribution in [-0.2, 0) is 38.0 Å². The molecule has 294 valence electrons. The molecular weight excluding hydrogens is 658 g/mol. The van der Waals surface area contributed by atoms with Crippen molar-refractivity contribution >= 4 is 12.4 Å². The Morgan fingerprint density at radius 2 is 1.59 bits per heavy atom. The van der Waals surface area contributed by atoms with Gasteiger partial charge < -0.3 is 48.6 Å². The van der Waals surface area contributed by atoms with Crippen LogP contribution in [0.2, 0.25) is 0 Å². The summed E-state index contributed by atoms with van der Waals surface area (Å²) < 4.78 is 35.4. The van der Waals surface area contributed by atoms with Gasteiger partial charge in [-0.2, -0.15) is 0 Å². The van der Waals surface area contributed by atoms with Gasteiger partial charge >= 0.3 is 5.97 Å².